The second-order valence-electron chi connectivity index (χ2n) is 3.24. The van der Waals surface area contributed by atoms with Gasteiger partial charge in [-0.2, -0.15) is 0 Å². The summed E-state index contributed by atoms with van der Waals surface area (Å²) in [4.78, 5) is 4.09. The zero-order chi connectivity index (χ0) is 9.19. The zero-order valence-corrected chi connectivity index (χ0v) is 8.80. The molecule has 0 aliphatic carbocycles. The molecule has 1 rings (SSSR count). The predicted octanol–water partition coefficient (Wildman–Crippen LogP) is 2.20. The van der Waals surface area contributed by atoms with E-state index in [4.69, 9.17) is 0 Å². The van der Waals surface area contributed by atoms with Crippen LogP contribution in [-0.4, -0.2) is 10.1 Å². The fourth-order valence-electron chi connectivity index (χ4n) is 0.892. The quantitative estimate of drug-likeness (QED) is 0.790. The van der Waals surface area contributed by atoms with E-state index in [-0.39, 0.29) is 0 Å². The first-order valence-electron chi connectivity index (χ1n) is 3.78. The van der Waals surface area contributed by atoms with Crippen LogP contribution in [-0.2, 0) is 10.9 Å². The van der Waals surface area contributed by atoms with Crippen molar-refractivity contribution in [2.24, 2.45) is 0 Å². The van der Waals surface area contributed by atoms with Gasteiger partial charge < -0.3 is 5.11 Å². The second-order valence-corrected chi connectivity index (χ2v) is 3.80. The van der Waals surface area contributed by atoms with Gasteiger partial charge in [-0.1, -0.05) is 15.9 Å². The Morgan fingerprint density at radius 3 is 2.75 bits per heavy atom. The molecule has 0 fully saturated rings. The number of halogens is 1. The van der Waals surface area contributed by atoms with Gasteiger partial charge in [0.25, 0.3) is 0 Å². The van der Waals surface area contributed by atoms with Crippen LogP contribution in [0.25, 0.3) is 0 Å². The number of rotatable bonds is 2. The summed E-state index contributed by atoms with van der Waals surface area (Å²) in [7, 11) is 0. The lowest BCUT2D eigenvalue weighted by atomic mass is 10.0. The molecule has 0 atom stereocenters. The van der Waals surface area contributed by atoms with Crippen LogP contribution in [0.3, 0.4) is 0 Å². The van der Waals surface area contributed by atoms with Crippen molar-refractivity contribution in [2.45, 2.75) is 24.8 Å². The average molecular weight is 230 g/mol. The maximum Gasteiger partial charge on any atom is 0.101 e. The van der Waals surface area contributed by atoms with Crippen molar-refractivity contribution in [1.29, 1.82) is 0 Å². The fraction of sp³-hybridized carbons (Fsp3) is 0.444. The Bertz CT molecular complexity index is 267. The summed E-state index contributed by atoms with van der Waals surface area (Å²) in [6.07, 6.45) is 1.71. The number of hydrogen-bond donors (Lipinski definition) is 1. The Hall–Kier alpha value is -0.410. The number of hydrogen-bond acceptors (Lipinski definition) is 2. The molecule has 0 saturated carbocycles. The molecule has 2 nitrogen and oxygen atoms in total. The monoisotopic (exact) mass is 229 g/mol. The highest BCUT2D eigenvalue weighted by Gasteiger charge is 2.17. The Labute approximate surface area is 80.8 Å². The molecule has 0 unspecified atom stereocenters. The molecule has 1 aromatic heterocycles. The molecule has 3 heteroatoms. The second kappa shape index (κ2) is 3.54. The summed E-state index contributed by atoms with van der Waals surface area (Å²) in [5.41, 5.74) is 0.986. The number of alkyl halides is 1. The van der Waals surface area contributed by atoms with E-state index in [2.05, 4.69) is 20.9 Å². The average Bonchev–Trinajstić information content (AvgIpc) is 2.03. The van der Waals surface area contributed by atoms with E-state index < -0.39 is 5.60 Å². The summed E-state index contributed by atoms with van der Waals surface area (Å²) in [5, 5.41) is 10.4. The van der Waals surface area contributed by atoms with Crippen LogP contribution in [0.15, 0.2) is 18.3 Å². The number of pyridine rings is 1. The van der Waals surface area contributed by atoms with Gasteiger partial charge in [-0.25, -0.2) is 0 Å². The van der Waals surface area contributed by atoms with Crippen LogP contribution >= 0.6 is 15.9 Å². The van der Waals surface area contributed by atoms with Crippen molar-refractivity contribution >= 4 is 15.9 Å². The minimum atomic E-state index is -0.849. The Kier molecular flexibility index (Phi) is 2.85. The van der Waals surface area contributed by atoms with Gasteiger partial charge in [0.15, 0.2) is 0 Å². The van der Waals surface area contributed by atoms with Crippen LogP contribution < -0.4 is 0 Å². The van der Waals surface area contributed by atoms with Gasteiger partial charge in [0.05, 0.1) is 5.69 Å². The summed E-state index contributed by atoms with van der Waals surface area (Å²) in [6.45, 7) is 3.46. The topological polar surface area (TPSA) is 33.1 Å². The Morgan fingerprint density at radius 2 is 2.25 bits per heavy atom. The molecule has 12 heavy (non-hydrogen) atoms. The predicted molar refractivity (Wildman–Crippen MR) is 52.1 cm³/mol. The summed E-state index contributed by atoms with van der Waals surface area (Å²) in [5.74, 6) is 0. The molecule has 1 aromatic rings. The summed E-state index contributed by atoms with van der Waals surface area (Å²) < 4.78 is 0. The lowest BCUT2D eigenvalue weighted by Gasteiger charge is -2.16. The largest absolute Gasteiger partial charge is 0.384 e. The van der Waals surface area contributed by atoms with Gasteiger partial charge in [-0.15, -0.1) is 0 Å². The molecule has 0 aliphatic rings. The van der Waals surface area contributed by atoms with E-state index >= 15 is 0 Å². The third-order valence-electron chi connectivity index (χ3n) is 1.61. The van der Waals surface area contributed by atoms with E-state index in [9.17, 15) is 5.11 Å². The fourth-order valence-corrected chi connectivity index (χ4v) is 1.24. The van der Waals surface area contributed by atoms with Crippen molar-refractivity contribution in [2.75, 3.05) is 0 Å². The molecule has 0 bridgehead atoms. The Balaban J connectivity index is 3.02. The minimum absolute atomic E-state index is 0.708. The van der Waals surface area contributed by atoms with Crippen molar-refractivity contribution in [3.63, 3.8) is 0 Å². The van der Waals surface area contributed by atoms with Gasteiger partial charge in [0.2, 0.25) is 0 Å². The van der Waals surface area contributed by atoms with Gasteiger partial charge in [-0.3, -0.25) is 4.98 Å². The SMILES string of the molecule is CC(C)(O)c1cc(CBr)ccn1. The maximum atomic E-state index is 9.63. The molecule has 0 aromatic carbocycles. The van der Waals surface area contributed by atoms with Gasteiger partial charge in [-0.05, 0) is 31.5 Å². The number of nitrogens with zero attached hydrogens (tertiary/aromatic N) is 1. The highest BCUT2D eigenvalue weighted by atomic mass is 79.9. The molecular weight excluding hydrogens is 218 g/mol. The molecule has 0 saturated heterocycles. The first-order valence-corrected chi connectivity index (χ1v) is 4.90. The van der Waals surface area contributed by atoms with Crippen LogP contribution in [0.4, 0.5) is 0 Å². The van der Waals surface area contributed by atoms with E-state index in [1.165, 1.54) is 0 Å². The van der Waals surface area contributed by atoms with Crippen LogP contribution in [0.2, 0.25) is 0 Å². The first kappa shape index (κ1) is 9.68. The maximum absolute atomic E-state index is 9.63. The van der Waals surface area contributed by atoms with Crippen molar-refractivity contribution in [3.8, 4) is 0 Å². The third kappa shape index (κ3) is 2.29. The first-order chi connectivity index (χ1) is 5.54. The normalized spacial score (nSPS) is 11.7. The van der Waals surface area contributed by atoms with Crippen molar-refractivity contribution < 1.29 is 5.11 Å². The molecule has 1 N–H and O–H groups in total. The number of aromatic nitrogens is 1. The summed E-state index contributed by atoms with van der Waals surface area (Å²) >= 11 is 3.35. The van der Waals surface area contributed by atoms with Crippen LogP contribution in [0.5, 0.6) is 0 Å². The molecule has 0 aliphatic heterocycles. The molecular formula is C9H12BrNO. The van der Waals surface area contributed by atoms with E-state index in [0.717, 1.165) is 10.9 Å². The smallest absolute Gasteiger partial charge is 0.101 e. The highest BCUT2D eigenvalue weighted by molar-refractivity contribution is 9.08. The number of aliphatic hydroxyl groups is 1. The van der Waals surface area contributed by atoms with Crippen LogP contribution in [0, 0.1) is 0 Å². The molecule has 0 amide bonds. The van der Waals surface area contributed by atoms with E-state index in [1.54, 1.807) is 20.0 Å². The summed E-state index contributed by atoms with van der Waals surface area (Å²) in [6, 6.07) is 3.82. The van der Waals surface area contributed by atoms with Gasteiger partial charge >= 0.3 is 0 Å². The lowest BCUT2D eigenvalue weighted by molar-refractivity contribution is 0.0738. The molecule has 1 heterocycles. The molecule has 0 radical (unpaired) electrons. The van der Waals surface area contributed by atoms with Gasteiger partial charge in [0.1, 0.15) is 5.60 Å². The molecule has 66 valence electrons. The molecule has 0 spiro atoms. The zero-order valence-electron chi connectivity index (χ0n) is 7.21. The minimum Gasteiger partial charge on any atom is -0.384 e. The lowest BCUT2D eigenvalue weighted by Crippen LogP contribution is -2.17. The van der Waals surface area contributed by atoms with E-state index in [0.29, 0.717) is 5.69 Å². The third-order valence-corrected chi connectivity index (χ3v) is 2.25. The standard InChI is InChI=1S/C9H12BrNO/c1-9(2,12)8-5-7(6-10)3-4-11-8/h3-5,12H,6H2,1-2H3. The van der Waals surface area contributed by atoms with Crippen molar-refractivity contribution in [3.05, 3.63) is 29.6 Å². The van der Waals surface area contributed by atoms with Crippen molar-refractivity contribution in [1.82, 2.24) is 4.98 Å². The van der Waals surface area contributed by atoms with Crippen LogP contribution in [0.1, 0.15) is 25.1 Å². The Morgan fingerprint density at radius 1 is 1.58 bits per heavy atom. The van der Waals surface area contributed by atoms with Gasteiger partial charge in [0, 0.05) is 11.5 Å². The highest BCUT2D eigenvalue weighted by Crippen LogP contribution is 2.18. The van der Waals surface area contributed by atoms with E-state index in [1.807, 2.05) is 12.1 Å².